The van der Waals surface area contributed by atoms with Gasteiger partial charge in [0.2, 0.25) is 0 Å². The largest absolute Gasteiger partial charge is 0.481 e. The lowest BCUT2D eigenvalue weighted by Gasteiger charge is -2.08. The minimum absolute atomic E-state index is 0.0376. The van der Waals surface area contributed by atoms with Gasteiger partial charge in [-0.05, 0) is 36.1 Å². The Bertz CT molecular complexity index is 837. The highest BCUT2D eigenvalue weighted by atomic mass is 16.4. The number of imidazole rings is 1. The average molecular weight is 322 g/mol. The van der Waals surface area contributed by atoms with Crippen LogP contribution < -0.4 is 0 Å². The third-order valence-corrected chi connectivity index (χ3v) is 4.17. The fourth-order valence-electron chi connectivity index (χ4n) is 3.07. The second kappa shape index (κ2) is 7.30. The average Bonchev–Trinajstić information content (AvgIpc) is 2.91. The van der Waals surface area contributed by atoms with E-state index in [2.05, 4.69) is 35.8 Å². The molecule has 3 aromatic rings. The SMILES string of the molecule is CCCn1c(CCc2ccccc2)nc2cc(CC(=O)O)ccc21. The van der Waals surface area contributed by atoms with Crippen molar-refractivity contribution >= 4 is 17.0 Å². The summed E-state index contributed by atoms with van der Waals surface area (Å²) in [6.07, 6.45) is 2.92. The highest BCUT2D eigenvalue weighted by Gasteiger charge is 2.12. The van der Waals surface area contributed by atoms with E-state index in [-0.39, 0.29) is 6.42 Å². The number of hydrogen-bond donors (Lipinski definition) is 1. The quantitative estimate of drug-likeness (QED) is 0.718. The van der Waals surface area contributed by atoms with Gasteiger partial charge in [0.05, 0.1) is 17.5 Å². The number of carboxylic acids is 1. The molecule has 0 aliphatic carbocycles. The summed E-state index contributed by atoms with van der Waals surface area (Å²) in [5, 5.41) is 8.97. The predicted molar refractivity (Wildman–Crippen MR) is 95.2 cm³/mol. The minimum atomic E-state index is -0.813. The van der Waals surface area contributed by atoms with Crippen LogP contribution in [0.3, 0.4) is 0 Å². The Morgan fingerprint density at radius 2 is 1.88 bits per heavy atom. The molecule has 0 fully saturated rings. The molecule has 0 amide bonds. The molecule has 0 unspecified atom stereocenters. The summed E-state index contributed by atoms with van der Waals surface area (Å²) < 4.78 is 2.27. The zero-order chi connectivity index (χ0) is 16.9. The number of benzene rings is 2. The zero-order valence-corrected chi connectivity index (χ0v) is 13.9. The van der Waals surface area contributed by atoms with Crippen molar-refractivity contribution in [1.29, 1.82) is 0 Å². The summed E-state index contributed by atoms with van der Waals surface area (Å²) in [5.74, 6) is 0.259. The Balaban J connectivity index is 1.90. The molecule has 2 aromatic carbocycles. The van der Waals surface area contributed by atoms with E-state index in [4.69, 9.17) is 10.1 Å². The number of rotatable bonds is 7. The molecule has 0 bridgehead atoms. The van der Waals surface area contributed by atoms with E-state index in [1.165, 1.54) is 5.56 Å². The second-order valence-electron chi connectivity index (χ2n) is 6.06. The highest BCUT2D eigenvalue weighted by molar-refractivity contribution is 5.79. The standard InChI is InChI=1S/C20H22N2O2/c1-2-12-22-18-10-8-16(14-20(23)24)13-17(18)21-19(22)11-9-15-6-4-3-5-7-15/h3-8,10,13H,2,9,11-12,14H2,1H3,(H,23,24). The third kappa shape index (κ3) is 3.65. The van der Waals surface area contributed by atoms with Gasteiger partial charge < -0.3 is 9.67 Å². The first kappa shape index (κ1) is 16.2. The molecule has 1 aromatic heterocycles. The van der Waals surface area contributed by atoms with Crippen LogP contribution in [0.1, 0.15) is 30.3 Å². The number of aliphatic carboxylic acids is 1. The highest BCUT2D eigenvalue weighted by Crippen LogP contribution is 2.20. The topological polar surface area (TPSA) is 55.1 Å². The second-order valence-corrected chi connectivity index (χ2v) is 6.06. The molecule has 4 heteroatoms. The number of nitrogens with zero attached hydrogens (tertiary/aromatic N) is 2. The Hall–Kier alpha value is -2.62. The van der Waals surface area contributed by atoms with Crippen LogP contribution >= 0.6 is 0 Å². The van der Waals surface area contributed by atoms with Crippen LogP contribution in [-0.4, -0.2) is 20.6 Å². The van der Waals surface area contributed by atoms with Crippen molar-refractivity contribution in [3.8, 4) is 0 Å². The van der Waals surface area contributed by atoms with Crippen molar-refractivity contribution in [2.45, 2.75) is 39.2 Å². The van der Waals surface area contributed by atoms with Crippen molar-refractivity contribution < 1.29 is 9.90 Å². The van der Waals surface area contributed by atoms with Gasteiger partial charge in [-0.3, -0.25) is 4.79 Å². The normalized spacial score (nSPS) is 11.0. The predicted octanol–water partition coefficient (Wildman–Crippen LogP) is 3.86. The smallest absolute Gasteiger partial charge is 0.307 e. The molecule has 0 aliphatic heterocycles. The van der Waals surface area contributed by atoms with Gasteiger partial charge >= 0.3 is 5.97 Å². The zero-order valence-electron chi connectivity index (χ0n) is 13.9. The maximum absolute atomic E-state index is 10.9. The van der Waals surface area contributed by atoms with E-state index in [0.717, 1.165) is 48.2 Å². The summed E-state index contributed by atoms with van der Waals surface area (Å²) in [6.45, 7) is 3.09. The van der Waals surface area contributed by atoms with Crippen molar-refractivity contribution in [2.75, 3.05) is 0 Å². The van der Waals surface area contributed by atoms with Crippen LogP contribution in [0.25, 0.3) is 11.0 Å². The molecule has 0 saturated heterocycles. The van der Waals surface area contributed by atoms with E-state index in [1.54, 1.807) is 0 Å². The van der Waals surface area contributed by atoms with Crippen molar-refractivity contribution in [3.63, 3.8) is 0 Å². The summed E-state index contributed by atoms with van der Waals surface area (Å²) in [4.78, 5) is 15.7. The molecule has 0 radical (unpaired) electrons. The molecule has 0 aliphatic rings. The molecule has 24 heavy (non-hydrogen) atoms. The van der Waals surface area contributed by atoms with Crippen LogP contribution in [0.15, 0.2) is 48.5 Å². The van der Waals surface area contributed by atoms with Gasteiger partial charge in [0, 0.05) is 13.0 Å². The van der Waals surface area contributed by atoms with Crippen molar-refractivity contribution in [1.82, 2.24) is 9.55 Å². The molecule has 1 N–H and O–H groups in total. The Morgan fingerprint density at radius 3 is 2.58 bits per heavy atom. The number of carboxylic acid groups (broad SMARTS) is 1. The minimum Gasteiger partial charge on any atom is -0.481 e. The molecule has 0 saturated carbocycles. The summed E-state index contributed by atoms with van der Waals surface area (Å²) in [6, 6.07) is 16.2. The lowest BCUT2D eigenvalue weighted by molar-refractivity contribution is -0.136. The van der Waals surface area contributed by atoms with E-state index >= 15 is 0 Å². The van der Waals surface area contributed by atoms with Crippen LogP contribution in [0.5, 0.6) is 0 Å². The van der Waals surface area contributed by atoms with E-state index in [0.29, 0.717) is 0 Å². The van der Waals surface area contributed by atoms with E-state index < -0.39 is 5.97 Å². The lowest BCUT2D eigenvalue weighted by Crippen LogP contribution is -2.05. The molecular formula is C20H22N2O2. The Morgan fingerprint density at radius 1 is 1.08 bits per heavy atom. The van der Waals surface area contributed by atoms with E-state index in [9.17, 15) is 4.79 Å². The van der Waals surface area contributed by atoms with Gasteiger partial charge in [0.25, 0.3) is 0 Å². The van der Waals surface area contributed by atoms with Gasteiger partial charge in [-0.2, -0.15) is 0 Å². The van der Waals surface area contributed by atoms with Crippen LogP contribution in [0.4, 0.5) is 0 Å². The fraction of sp³-hybridized carbons (Fsp3) is 0.300. The maximum Gasteiger partial charge on any atom is 0.307 e. The monoisotopic (exact) mass is 322 g/mol. The molecule has 3 rings (SSSR count). The van der Waals surface area contributed by atoms with Gasteiger partial charge in [0.15, 0.2) is 0 Å². The van der Waals surface area contributed by atoms with Gasteiger partial charge in [-0.15, -0.1) is 0 Å². The first-order valence-electron chi connectivity index (χ1n) is 8.41. The van der Waals surface area contributed by atoms with Crippen molar-refractivity contribution in [2.24, 2.45) is 0 Å². The van der Waals surface area contributed by atoms with Crippen LogP contribution in [0, 0.1) is 0 Å². The maximum atomic E-state index is 10.9. The van der Waals surface area contributed by atoms with Crippen LogP contribution in [0.2, 0.25) is 0 Å². The van der Waals surface area contributed by atoms with Gasteiger partial charge in [-0.25, -0.2) is 4.98 Å². The van der Waals surface area contributed by atoms with E-state index in [1.807, 2.05) is 24.3 Å². The lowest BCUT2D eigenvalue weighted by atomic mass is 10.1. The molecule has 1 heterocycles. The summed E-state index contributed by atoms with van der Waals surface area (Å²) in [5.41, 5.74) is 4.09. The number of aryl methyl sites for hydroxylation is 3. The van der Waals surface area contributed by atoms with Gasteiger partial charge in [-0.1, -0.05) is 43.3 Å². The number of aromatic nitrogens is 2. The summed E-state index contributed by atoms with van der Waals surface area (Å²) >= 11 is 0. The first-order valence-corrected chi connectivity index (χ1v) is 8.41. The number of hydrogen-bond acceptors (Lipinski definition) is 2. The molecule has 0 atom stereocenters. The third-order valence-electron chi connectivity index (χ3n) is 4.17. The van der Waals surface area contributed by atoms with Crippen LogP contribution in [-0.2, 0) is 30.6 Å². The Labute approximate surface area is 141 Å². The number of fused-ring (bicyclic) bond motifs is 1. The Kier molecular flexibility index (Phi) is 4.94. The fourth-order valence-corrected chi connectivity index (χ4v) is 3.07. The summed E-state index contributed by atoms with van der Waals surface area (Å²) in [7, 11) is 0. The van der Waals surface area contributed by atoms with Gasteiger partial charge in [0.1, 0.15) is 5.82 Å². The molecule has 124 valence electrons. The molecular weight excluding hydrogens is 300 g/mol. The molecule has 4 nitrogen and oxygen atoms in total. The first-order chi connectivity index (χ1) is 11.7. The van der Waals surface area contributed by atoms with Crippen molar-refractivity contribution in [3.05, 3.63) is 65.5 Å². The number of carbonyl (C=O) groups is 1. The molecule has 0 spiro atoms.